The van der Waals surface area contributed by atoms with E-state index in [1.807, 2.05) is 0 Å². The van der Waals surface area contributed by atoms with Crippen molar-refractivity contribution in [1.29, 1.82) is 0 Å². The molecule has 1 aromatic carbocycles. The van der Waals surface area contributed by atoms with Gasteiger partial charge in [-0.25, -0.2) is 17.8 Å². The minimum Gasteiger partial charge on any atom is -0.324 e. The van der Waals surface area contributed by atoms with E-state index in [0.29, 0.717) is 5.56 Å². The van der Waals surface area contributed by atoms with Gasteiger partial charge < -0.3 is 4.57 Å². The van der Waals surface area contributed by atoms with Crippen molar-refractivity contribution in [3.63, 3.8) is 0 Å². The number of benzene rings is 1. The lowest BCUT2D eigenvalue weighted by Crippen LogP contribution is -2.27. The quantitative estimate of drug-likeness (QED) is 0.867. The fourth-order valence-electron chi connectivity index (χ4n) is 1.69. The molecule has 0 aliphatic carbocycles. The Morgan fingerprint density at radius 1 is 1.45 bits per heavy atom. The number of imidazole rings is 1. The van der Waals surface area contributed by atoms with Crippen molar-refractivity contribution >= 4 is 21.6 Å². The highest BCUT2D eigenvalue weighted by Gasteiger charge is 2.27. The fourth-order valence-corrected chi connectivity index (χ4v) is 3.23. The van der Waals surface area contributed by atoms with E-state index in [0.717, 1.165) is 4.31 Å². The first-order chi connectivity index (χ1) is 9.32. The molecular weight excluding hydrogens is 305 g/mol. The molecule has 0 spiro atoms. The topological polar surface area (TPSA) is 55.2 Å². The molecule has 1 aromatic heterocycles. The molecule has 0 fully saturated rings. The van der Waals surface area contributed by atoms with Crippen LogP contribution in [0.4, 0.5) is 4.39 Å². The number of rotatable bonds is 4. The summed E-state index contributed by atoms with van der Waals surface area (Å²) in [5.74, 6) is -0.413. The maximum Gasteiger partial charge on any atom is 0.263 e. The summed E-state index contributed by atoms with van der Waals surface area (Å²) in [7, 11) is -0.821. The number of nitrogens with zero attached hydrogens (tertiary/aromatic N) is 3. The van der Waals surface area contributed by atoms with E-state index >= 15 is 0 Å². The molecule has 0 atom stereocenters. The van der Waals surface area contributed by atoms with Gasteiger partial charge >= 0.3 is 0 Å². The van der Waals surface area contributed by atoms with Crippen molar-refractivity contribution in [2.45, 2.75) is 11.6 Å². The van der Waals surface area contributed by atoms with Gasteiger partial charge in [0.25, 0.3) is 10.0 Å². The molecule has 0 radical (unpaired) electrons. The number of aromatic nitrogens is 2. The predicted octanol–water partition coefficient (Wildman–Crippen LogP) is 2.03. The molecule has 108 valence electrons. The first-order valence-corrected chi connectivity index (χ1v) is 7.52. The van der Waals surface area contributed by atoms with Crippen LogP contribution in [0.2, 0.25) is 5.15 Å². The molecule has 0 saturated heterocycles. The Balaban J connectivity index is 2.28. The maximum atomic E-state index is 13.1. The van der Waals surface area contributed by atoms with Crippen molar-refractivity contribution in [1.82, 2.24) is 13.9 Å². The molecule has 5 nitrogen and oxygen atoms in total. The third-order valence-corrected chi connectivity index (χ3v) is 5.08. The Morgan fingerprint density at radius 2 is 2.15 bits per heavy atom. The highest BCUT2D eigenvalue weighted by Crippen LogP contribution is 2.22. The standard InChI is InChI=1S/C12H13ClFN3O2S/c1-16-8-15-12(11(16)13)20(18,19)17(2)7-9-4-3-5-10(14)6-9/h3-6,8H,7H2,1-2H3. The molecule has 0 aliphatic heterocycles. The van der Waals surface area contributed by atoms with Gasteiger partial charge in [-0.15, -0.1) is 0 Å². The van der Waals surface area contributed by atoms with Gasteiger partial charge in [0, 0.05) is 20.6 Å². The SMILES string of the molecule is CN(Cc1cccc(F)c1)S(=O)(=O)c1ncn(C)c1Cl. The highest BCUT2D eigenvalue weighted by atomic mass is 35.5. The number of sulfonamides is 1. The zero-order valence-electron chi connectivity index (χ0n) is 10.9. The second-order valence-electron chi connectivity index (χ2n) is 4.34. The third kappa shape index (κ3) is 2.84. The summed E-state index contributed by atoms with van der Waals surface area (Å²) in [6.45, 7) is 0.0347. The molecule has 0 aliphatic rings. The van der Waals surface area contributed by atoms with Gasteiger partial charge in [0.15, 0.2) is 0 Å². The van der Waals surface area contributed by atoms with Crippen LogP contribution in [0, 0.1) is 5.82 Å². The van der Waals surface area contributed by atoms with Crippen molar-refractivity contribution in [3.8, 4) is 0 Å². The first-order valence-electron chi connectivity index (χ1n) is 5.70. The summed E-state index contributed by atoms with van der Waals surface area (Å²) < 4.78 is 40.2. The van der Waals surface area contributed by atoms with Gasteiger partial charge in [0.05, 0.1) is 6.33 Å². The van der Waals surface area contributed by atoms with Crippen LogP contribution >= 0.6 is 11.6 Å². The van der Waals surface area contributed by atoms with Crippen molar-refractivity contribution < 1.29 is 12.8 Å². The summed E-state index contributed by atoms with van der Waals surface area (Å²) >= 11 is 5.90. The van der Waals surface area contributed by atoms with Crippen LogP contribution in [0.5, 0.6) is 0 Å². The van der Waals surface area contributed by atoms with Gasteiger partial charge in [-0.2, -0.15) is 4.31 Å². The lowest BCUT2D eigenvalue weighted by Gasteiger charge is -2.16. The lowest BCUT2D eigenvalue weighted by molar-refractivity contribution is 0.463. The van der Waals surface area contributed by atoms with E-state index < -0.39 is 15.8 Å². The van der Waals surface area contributed by atoms with Crippen LogP contribution in [-0.4, -0.2) is 29.3 Å². The Kier molecular flexibility index (Phi) is 4.12. The van der Waals surface area contributed by atoms with E-state index in [1.54, 1.807) is 13.1 Å². The monoisotopic (exact) mass is 317 g/mol. The zero-order valence-corrected chi connectivity index (χ0v) is 12.5. The molecule has 0 unspecified atom stereocenters. The van der Waals surface area contributed by atoms with Gasteiger partial charge in [0.1, 0.15) is 11.0 Å². The van der Waals surface area contributed by atoms with Crippen LogP contribution in [-0.2, 0) is 23.6 Å². The van der Waals surface area contributed by atoms with E-state index in [9.17, 15) is 12.8 Å². The van der Waals surface area contributed by atoms with Gasteiger partial charge in [-0.05, 0) is 17.7 Å². The number of hydrogen-bond donors (Lipinski definition) is 0. The second-order valence-corrected chi connectivity index (χ2v) is 6.66. The van der Waals surface area contributed by atoms with Crippen LogP contribution in [0.15, 0.2) is 35.6 Å². The van der Waals surface area contributed by atoms with Crippen molar-refractivity contribution in [3.05, 3.63) is 47.1 Å². The van der Waals surface area contributed by atoms with Crippen LogP contribution in [0.1, 0.15) is 5.56 Å². The van der Waals surface area contributed by atoms with Crippen LogP contribution < -0.4 is 0 Å². The van der Waals surface area contributed by atoms with Crippen molar-refractivity contribution in [2.75, 3.05) is 7.05 Å². The maximum absolute atomic E-state index is 13.1. The first kappa shape index (κ1) is 15.0. The van der Waals surface area contributed by atoms with Gasteiger partial charge in [-0.3, -0.25) is 0 Å². The number of hydrogen-bond acceptors (Lipinski definition) is 3. The fraction of sp³-hybridized carbons (Fsp3) is 0.250. The van der Waals surface area contributed by atoms with Crippen molar-refractivity contribution in [2.24, 2.45) is 7.05 Å². The molecular formula is C12H13ClFN3O2S. The van der Waals surface area contributed by atoms with Crippen LogP contribution in [0.3, 0.4) is 0 Å². The van der Waals surface area contributed by atoms with E-state index in [1.165, 1.54) is 36.1 Å². The second kappa shape index (κ2) is 5.51. The predicted molar refractivity (Wildman–Crippen MR) is 73.3 cm³/mol. The smallest absolute Gasteiger partial charge is 0.263 e. The molecule has 2 rings (SSSR count). The minimum absolute atomic E-state index is 0.0347. The Morgan fingerprint density at radius 3 is 2.70 bits per heavy atom. The molecule has 0 N–H and O–H groups in total. The average molecular weight is 318 g/mol. The molecule has 1 heterocycles. The summed E-state index contributed by atoms with van der Waals surface area (Å²) in [4.78, 5) is 3.79. The average Bonchev–Trinajstić information content (AvgIpc) is 2.70. The Bertz CT molecular complexity index is 730. The minimum atomic E-state index is -3.81. The molecule has 0 amide bonds. The highest BCUT2D eigenvalue weighted by molar-refractivity contribution is 7.89. The van der Waals surface area contributed by atoms with E-state index in [4.69, 9.17) is 11.6 Å². The van der Waals surface area contributed by atoms with Gasteiger partial charge in [-0.1, -0.05) is 23.7 Å². The zero-order chi connectivity index (χ0) is 14.9. The van der Waals surface area contributed by atoms with Gasteiger partial charge in [0.2, 0.25) is 5.03 Å². The lowest BCUT2D eigenvalue weighted by atomic mass is 10.2. The molecule has 0 saturated carbocycles. The number of aryl methyl sites for hydroxylation is 1. The van der Waals surface area contributed by atoms with E-state index in [2.05, 4.69) is 4.98 Å². The summed E-state index contributed by atoms with van der Waals surface area (Å²) in [6.07, 6.45) is 1.32. The Labute approximate surface area is 121 Å². The Hall–Kier alpha value is -1.44. The molecule has 2 aromatic rings. The van der Waals surface area contributed by atoms with E-state index in [-0.39, 0.29) is 16.7 Å². The third-order valence-electron chi connectivity index (χ3n) is 2.78. The molecule has 8 heteroatoms. The largest absolute Gasteiger partial charge is 0.324 e. The number of halogens is 2. The summed E-state index contributed by atoms with van der Waals surface area (Å²) in [6, 6.07) is 5.76. The molecule has 0 bridgehead atoms. The summed E-state index contributed by atoms with van der Waals surface area (Å²) in [5.41, 5.74) is 0.545. The summed E-state index contributed by atoms with van der Waals surface area (Å²) in [5, 5.41) is -0.170. The normalized spacial score (nSPS) is 12.1. The molecule has 20 heavy (non-hydrogen) atoms. The van der Waals surface area contributed by atoms with Crippen LogP contribution in [0.25, 0.3) is 0 Å².